The van der Waals surface area contributed by atoms with E-state index >= 15 is 0 Å². The van der Waals surface area contributed by atoms with Crippen molar-refractivity contribution in [3.05, 3.63) is 75.7 Å². The van der Waals surface area contributed by atoms with Gasteiger partial charge in [-0.1, -0.05) is 6.07 Å². The molecule has 3 heterocycles. The maximum Gasteiger partial charge on any atom is 0.276 e. The average Bonchev–Trinajstić information content (AvgIpc) is 3.08. The van der Waals surface area contributed by atoms with Crippen LogP contribution in [0.5, 0.6) is 0 Å². The summed E-state index contributed by atoms with van der Waals surface area (Å²) in [5.41, 5.74) is 2.48. The summed E-state index contributed by atoms with van der Waals surface area (Å²) in [6, 6.07) is 8.41. The van der Waals surface area contributed by atoms with E-state index in [1.807, 2.05) is 12.1 Å². The zero-order chi connectivity index (χ0) is 20.4. The van der Waals surface area contributed by atoms with Crippen LogP contribution in [0.3, 0.4) is 0 Å². The van der Waals surface area contributed by atoms with Crippen LogP contribution in [0.15, 0.2) is 47.5 Å². The molecule has 0 aliphatic heterocycles. The Labute approximate surface area is 165 Å². The van der Waals surface area contributed by atoms with Crippen molar-refractivity contribution in [2.75, 3.05) is 6.54 Å². The molecule has 2 N–H and O–H groups in total. The standard InChI is InChI=1S/C21H20FN5O2/c1-13-15(5-6-18(28)24-12-9-14-7-10-23-11-8-14)21(29)27-20(25-13)19-16(22)3-2-4-17(19)26-27/h2-4,7-8,10-11,26H,5-6,9,12H2,1H3,(H,24,28). The van der Waals surface area contributed by atoms with Gasteiger partial charge in [0.15, 0.2) is 5.65 Å². The largest absolute Gasteiger partial charge is 0.356 e. The molecule has 7 nitrogen and oxygen atoms in total. The number of hydrogen-bond acceptors (Lipinski definition) is 4. The number of nitrogens with zero attached hydrogens (tertiary/aromatic N) is 3. The Hall–Kier alpha value is -3.55. The normalized spacial score (nSPS) is 11.2. The molecule has 3 aromatic heterocycles. The summed E-state index contributed by atoms with van der Waals surface area (Å²) < 4.78 is 15.4. The summed E-state index contributed by atoms with van der Waals surface area (Å²) in [5.74, 6) is -0.570. The lowest BCUT2D eigenvalue weighted by Crippen LogP contribution is -2.28. The van der Waals surface area contributed by atoms with Crippen LogP contribution < -0.4 is 10.9 Å². The van der Waals surface area contributed by atoms with Gasteiger partial charge in [-0.2, -0.15) is 0 Å². The lowest BCUT2D eigenvalue weighted by atomic mass is 10.1. The summed E-state index contributed by atoms with van der Waals surface area (Å²) in [6.07, 6.45) is 4.58. The first-order valence-electron chi connectivity index (χ1n) is 9.38. The monoisotopic (exact) mass is 393 g/mol. The van der Waals surface area contributed by atoms with Crippen molar-refractivity contribution >= 4 is 22.5 Å². The Kier molecular flexibility index (Phi) is 5.07. The lowest BCUT2D eigenvalue weighted by molar-refractivity contribution is -0.121. The van der Waals surface area contributed by atoms with Gasteiger partial charge in [-0.15, -0.1) is 0 Å². The number of fused-ring (bicyclic) bond motifs is 3. The number of carbonyl (C=O) groups is 1. The lowest BCUT2D eigenvalue weighted by Gasteiger charge is -2.07. The Balaban J connectivity index is 1.48. The molecule has 1 amide bonds. The Morgan fingerprint density at radius 3 is 2.79 bits per heavy atom. The topological polar surface area (TPSA) is 92.2 Å². The van der Waals surface area contributed by atoms with Crippen LogP contribution >= 0.6 is 0 Å². The number of H-pyrrole nitrogens is 1. The van der Waals surface area contributed by atoms with E-state index in [0.29, 0.717) is 29.7 Å². The quantitative estimate of drug-likeness (QED) is 0.526. The zero-order valence-electron chi connectivity index (χ0n) is 15.9. The third-order valence-electron chi connectivity index (χ3n) is 4.94. The number of aromatic nitrogens is 4. The first-order chi connectivity index (χ1) is 14.0. The van der Waals surface area contributed by atoms with Gasteiger partial charge in [-0.3, -0.25) is 19.7 Å². The highest BCUT2D eigenvalue weighted by Gasteiger charge is 2.16. The first-order valence-corrected chi connectivity index (χ1v) is 9.38. The third-order valence-corrected chi connectivity index (χ3v) is 4.94. The van der Waals surface area contributed by atoms with Crippen LogP contribution in [0.25, 0.3) is 16.6 Å². The molecule has 0 atom stereocenters. The number of halogens is 1. The average molecular weight is 393 g/mol. The van der Waals surface area contributed by atoms with Gasteiger partial charge in [0.05, 0.1) is 10.9 Å². The molecule has 4 aromatic rings. The summed E-state index contributed by atoms with van der Waals surface area (Å²) in [7, 11) is 0. The first kappa shape index (κ1) is 18.8. The van der Waals surface area contributed by atoms with Crippen LogP contribution in [0.1, 0.15) is 23.2 Å². The van der Waals surface area contributed by atoms with Crippen molar-refractivity contribution in [1.29, 1.82) is 0 Å². The van der Waals surface area contributed by atoms with Gasteiger partial charge in [-0.25, -0.2) is 13.9 Å². The maximum absolute atomic E-state index is 14.2. The van der Waals surface area contributed by atoms with Crippen molar-refractivity contribution in [2.24, 2.45) is 0 Å². The molecule has 0 spiro atoms. The minimum absolute atomic E-state index is 0.134. The number of amides is 1. The number of carbonyl (C=O) groups excluding carboxylic acids is 1. The zero-order valence-corrected chi connectivity index (χ0v) is 15.9. The number of aryl methyl sites for hydroxylation is 1. The molecule has 8 heteroatoms. The Morgan fingerprint density at radius 2 is 2.00 bits per heavy atom. The summed E-state index contributed by atoms with van der Waals surface area (Å²) in [4.78, 5) is 33.4. The number of hydrogen-bond donors (Lipinski definition) is 2. The highest BCUT2D eigenvalue weighted by molar-refractivity contribution is 5.92. The minimum Gasteiger partial charge on any atom is -0.356 e. The van der Waals surface area contributed by atoms with Gasteiger partial charge in [0.25, 0.3) is 5.56 Å². The highest BCUT2D eigenvalue weighted by atomic mass is 19.1. The van der Waals surface area contributed by atoms with E-state index in [2.05, 4.69) is 20.4 Å². The van der Waals surface area contributed by atoms with Crippen molar-refractivity contribution in [2.45, 2.75) is 26.2 Å². The molecule has 0 aliphatic carbocycles. The van der Waals surface area contributed by atoms with E-state index in [-0.39, 0.29) is 35.3 Å². The fourth-order valence-corrected chi connectivity index (χ4v) is 3.41. The Bertz CT molecular complexity index is 1250. The van der Waals surface area contributed by atoms with E-state index in [4.69, 9.17) is 0 Å². The van der Waals surface area contributed by atoms with Gasteiger partial charge in [0.1, 0.15) is 5.82 Å². The molecule has 0 bridgehead atoms. The molecular formula is C21H20FN5O2. The molecule has 0 unspecified atom stereocenters. The molecule has 0 saturated carbocycles. The summed E-state index contributed by atoms with van der Waals surface area (Å²) >= 11 is 0. The van der Waals surface area contributed by atoms with Crippen molar-refractivity contribution in [1.82, 2.24) is 24.9 Å². The van der Waals surface area contributed by atoms with E-state index in [1.165, 1.54) is 10.6 Å². The van der Waals surface area contributed by atoms with Gasteiger partial charge in [0.2, 0.25) is 5.91 Å². The van der Waals surface area contributed by atoms with E-state index < -0.39 is 5.82 Å². The summed E-state index contributed by atoms with van der Waals surface area (Å²) in [6.45, 7) is 2.22. The summed E-state index contributed by atoms with van der Waals surface area (Å²) in [5, 5.41) is 6.04. The minimum atomic E-state index is -0.436. The number of pyridine rings is 1. The van der Waals surface area contributed by atoms with Crippen LogP contribution in [0, 0.1) is 12.7 Å². The van der Waals surface area contributed by atoms with Gasteiger partial charge in [0, 0.05) is 36.6 Å². The number of benzene rings is 1. The van der Waals surface area contributed by atoms with Crippen molar-refractivity contribution in [3.63, 3.8) is 0 Å². The highest BCUT2D eigenvalue weighted by Crippen LogP contribution is 2.21. The van der Waals surface area contributed by atoms with Crippen LogP contribution in [-0.4, -0.2) is 32.0 Å². The molecular weight excluding hydrogens is 373 g/mol. The van der Waals surface area contributed by atoms with E-state index in [9.17, 15) is 14.0 Å². The molecule has 4 rings (SSSR count). The molecule has 0 aliphatic rings. The second-order valence-corrected chi connectivity index (χ2v) is 6.87. The molecule has 0 saturated heterocycles. The predicted octanol–water partition coefficient (Wildman–Crippen LogP) is 2.31. The van der Waals surface area contributed by atoms with Crippen LogP contribution in [0.4, 0.5) is 4.39 Å². The fourth-order valence-electron chi connectivity index (χ4n) is 3.41. The SMILES string of the molecule is Cc1nc2c3c(F)cccc3[nH]n2c(=O)c1CCC(=O)NCCc1ccncc1. The molecule has 148 valence electrons. The van der Waals surface area contributed by atoms with E-state index in [0.717, 1.165) is 5.56 Å². The maximum atomic E-state index is 14.2. The van der Waals surface area contributed by atoms with Gasteiger partial charge in [-0.05, 0) is 49.6 Å². The molecule has 0 fully saturated rings. The van der Waals surface area contributed by atoms with Crippen LogP contribution in [0.2, 0.25) is 0 Å². The fraction of sp³-hybridized carbons (Fsp3) is 0.238. The van der Waals surface area contributed by atoms with Gasteiger partial charge >= 0.3 is 0 Å². The molecule has 29 heavy (non-hydrogen) atoms. The van der Waals surface area contributed by atoms with Gasteiger partial charge < -0.3 is 5.32 Å². The third kappa shape index (κ3) is 3.73. The molecule has 0 radical (unpaired) electrons. The Morgan fingerprint density at radius 1 is 1.21 bits per heavy atom. The number of nitrogens with one attached hydrogen (secondary N) is 2. The predicted molar refractivity (Wildman–Crippen MR) is 107 cm³/mol. The van der Waals surface area contributed by atoms with Crippen LogP contribution in [-0.2, 0) is 17.6 Å². The second kappa shape index (κ2) is 7.83. The van der Waals surface area contributed by atoms with E-state index in [1.54, 1.807) is 31.5 Å². The molecule has 1 aromatic carbocycles. The van der Waals surface area contributed by atoms with Crippen molar-refractivity contribution < 1.29 is 9.18 Å². The van der Waals surface area contributed by atoms with Crippen molar-refractivity contribution in [3.8, 4) is 0 Å². The smallest absolute Gasteiger partial charge is 0.276 e. The number of rotatable bonds is 6. The number of aromatic amines is 1. The second-order valence-electron chi connectivity index (χ2n) is 6.87.